The molecule has 21 heavy (non-hydrogen) atoms. The molecule has 0 aliphatic heterocycles. The Balaban J connectivity index is 2.24. The molecule has 0 bridgehead atoms. The van der Waals surface area contributed by atoms with E-state index < -0.39 is 22.5 Å². The van der Waals surface area contributed by atoms with E-state index in [4.69, 9.17) is 11.6 Å². The van der Waals surface area contributed by atoms with Crippen molar-refractivity contribution in [2.45, 2.75) is 30.7 Å². The molecule has 2 atom stereocenters. The van der Waals surface area contributed by atoms with Crippen LogP contribution in [0.4, 0.5) is 0 Å². The van der Waals surface area contributed by atoms with Gasteiger partial charge in [0.25, 0.3) is 0 Å². The Morgan fingerprint density at radius 1 is 1.10 bits per heavy atom. The standard InChI is InChI=1S/C15H13ClO5/c1-15(16)5-7-6(4-10(15)19)13(20)11-8(17)2-3-9(18)12(11)14(7)21/h2-3,10,17-19H,4-5H2,1H3. The number of aliphatic hydroxyl groups excluding tert-OH is 1. The van der Waals surface area contributed by atoms with Crippen molar-refractivity contribution in [1.29, 1.82) is 0 Å². The molecule has 0 radical (unpaired) electrons. The lowest BCUT2D eigenvalue weighted by Crippen LogP contribution is -2.42. The molecule has 0 saturated carbocycles. The first-order valence-electron chi connectivity index (χ1n) is 6.47. The van der Waals surface area contributed by atoms with Crippen molar-refractivity contribution in [3.05, 3.63) is 34.4 Å². The first-order chi connectivity index (χ1) is 9.74. The summed E-state index contributed by atoms with van der Waals surface area (Å²) in [5.41, 5.74) is -0.0260. The largest absolute Gasteiger partial charge is 0.507 e. The Morgan fingerprint density at radius 2 is 1.57 bits per heavy atom. The van der Waals surface area contributed by atoms with Crippen molar-refractivity contribution in [3.63, 3.8) is 0 Å². The van der Waals surface area contributed by atoms with Crippen molar-refractivity contribution >= 4 is 23.2 Å². The van der Waals surface area contributed by atoms with E-state index in [1.165, 1.54) is 6.07 Å². The summed E-state index contributed by atoms with van der Waals surface area (Å²) in [7, 11) is 0. The highest BCUT2D eigenvalue weighted by molar-refractivity contribution is 6.31. The minimum Gasteiger partial charge on any atom is -0.507 e. The summed E-state index contributed by atoms with van der Waals surface area (Å²) < 4.78 is 0. The lowest BCUT2D eigenvalue weighted by atomic mass is 9.72. The van der Waals surface area contributed by atoms with Crippen molar-refractivity contribution in [3.8, 4) is 11.5 Å². The molecule has 2 aliphatic carbocycles. The zero-order chi connectivity index (χ0) is 15.5. The lowest BCUT2D eigenvalue weighted by molar-refractivity contribution is 0.0882. The van der Waals surface area contributed by atoms with Crippen LogP contribution in [-0.2, 0) is 0 Å². The zero-order valence-corrected chi connectivity index (χ0v) is 11.9. The second-order valence-electron chi connectivity index (χ2n) is 5.64. The van der Waals surface area contributed by atoms with E-state index in [1.54, 1.807) is 6.92 Å². The molecule has 1 aromatic carbocycles. The number of halogens is 1. The Morgan fingerprint density at radius 3 is 2.10 bits per heavy atom. The van der Waals surface area contributed by atoms with Crippen LogP contribution in [0, 0.1) is 0 Å². The van der Waals surface area contributed by atoms with E-state index in [1.807, 2.05) is 0 Å². The third-order valence-electron chi connectivity index (χ3n) is 4.14. The third kappa shape index (κ3) is 1.88. The number of aliphatic hydroxyl groups is 1. The number of benzene rings is 1. The minimum absolute atomic E-state index is 0.0319. The molecule has 0 amide bonds. The summed E-state index contributed by atoms with van der Waals surface area (Å²) in [6.07, 6.45) is -0.978. The van der Waals surface area contributed by atoms with Gasteiger partial charge in [-0.25, -0.2) is 0 Å². The average Bonchev–Trinajstić information content (AvgIpc) is 2.40. The van der Waals surface area contributed by atoms with Gasteiger partial charge in [0.2, 0.25) is 0 Å². The van der Waals surface area contributed by atoms with Crippen LogP contribution in [0.25, 0.3) is 0 Å². The Hall–Kier alpha value is -1.85. The van der Waals surface area contributed by atoms with Gasteiger partial charge in [0.15, 0.2) is 11.6 Å². The van der Waals surface area contributed by atoms with Gasteiger partial charge < -0.3 is 15.3 Å². The highest BCUT2D eigenvalue weighted by Gasteiger charge is 2.45. The van der Waals surface area contributed by atoms with Crippen LogP contribution in [0.1, 0.15) is 40.5 Å². The van der Waals surface area contributed by atoms with Crippen LogP contribution in [0.2, 0.25) is 0 Å². The highest BCUT2D eigenvalue weighted by atomic mass is 35.5. The number of alkyl halides is 1. The van der Waals surface area contributed by atoms with Crippen LogP contribution in [0.15, 0.2) is 23.3 Å². The molecular formula is C15H13ClO5. The maximum Gasteiger partial charge on any atom is 0.194 e. The smallest absolute Gasteiger partial charge is 0.194 e. The molecule has 3 rings (SSSR count). The predicted molar refractivity (Wildman–Crippen MR) is 75.0 cm³/mol. The van der Waals surface area contributed by atoms with E-state index >= 15 is 0 Å². The fraction of sp³-hybridized carbons (Fsp3) is 0.333. The van der Waals surface area contributed by atoms with E-state index in [9.17, 15) is 24.9 Å². The number of phenols is 2. The molecule has 0 saturated heterocycles. The first-order valence-corrected chi connectivity index (χ1v) is 6.85. The number of carbonyl (C=O) groups is 2. The Labute approximate surface area is 125 Å². The van der Waals surface area contributed by atoms with Gasteiger partial charge in [-0.3, -0.25) is 9.59 Å². The highest BCUT2D eigenvalue weighted by Crippen LogP contribution is 2.45. The summed E-state index contributed by atoms with van der Waals surface area (Å²) >= 11 is 6.19. The Kier molecular flexibility index (Phi) is 2.90. The average molecular weight is 309 g/mol. The van der Waals surface area contributed by atoms with Crippen LogP contribution in [0.5, 0.6) is 11.5 Å². The number of allylic oxidation sites excluding steroid dienone is 1. The molecule has 2 unspecified atom stereocenters. The fourth-order valence-electron chi connectivity index (χ4n) is 2.89. The molecule has 110 valence electrons. The second-order valence-corrected chi connectivity index (χ2v) is 6.51. The summed E-state index contributed by atoms with van der Waals surface area (Å²) in [4.78, 5) is 24.0. The minimum atomic E-state index is -1.04. The molecule has 5 nitrogen and oxygen atoms in total. The van der Waals surface area contributed by atoms with Gasteiger partial charge in [0, 0.05) is 17.6 Å². The summed E-state index contributed by atoms with van der Waals surface area (Å²) in [5, 5.41) is 29.7. The van der Waals surface area contributed by atoms with Gasteiger partial charge in [-0.2, -0.15) is 0 Å². The summed E-state index contributed by atoms with van der Waals surface area (Å²) in [6, 6.07) is 2.33. The van der Waals surface area contributed by atoms with Crippen LogP contribution in [-0.4, -0.2) is 37.9 Å². The Bertz CT molecular complexity index is 717. The maximum absolute atomic E-state index is 12.5. The second kappa shape index (κ2) is 4.32. The number of hydrogen-bond acceptors (Lipinski definition) is 5. The van der Waals surface area contributed by atoms with Crippen molar-refractivity contribution in [2.75, 3.05) is 0 Å². The molecule has 2 aliphatic rings. The van der Waals surface area contributed by atoms with Crippen LogP contribution < -0.4 is 0 Å². The molecule has 0 aromatic heterocycles. The van der Waals surface area contributed by atoms with Gasteiger partial charge in [-0.05, 0) is 25.5 Å². The fourth-order valence-corrected chi connectivity index (χ4v) is 3.10. The van der Waals surface area contributed by atoms with Crippen molar-refractivity contribution in [2.24, 2.45) is 0 Å². The monoisotopic (exact) mass is 308 g/mol. The van der Waals surface area contributed by atoms with Gasteiger partial charge in [0.05, 0.1) is 22.1 Å². The van der Waals surface area contributed by atoms with E-state index in [0.29, 0.717) is 0 Å². The molecular weight excluding hydrogens is 296 g/mol. The predicted octanol–water partition coefficient (Wildman–Crippen LogP) is 1.93. The quantitative estimate of drug-likeness (QED) is 0.503. The van der Waals surface area contributed by atoms with E-state index in [-0.39, 0.29) is 46.6 Å². The van der Waals surface area contributed by atoms with Crippen LogP contribution in [0.3, 0.4) is 0 Å². The number of hydrogen-bond donors (Lipinski definition) is 3. The number of Topliss-reactive ketones (excluding diaryl/α,β-unsaturated/α-hetero) is 2. The van der Waals surface area contributed by atoms with Gasteiger partial charge >= 0.3 is 0 Å². The molecule has 0 fully saturated rings. The maximum atomic E-state index is 12.5. The third-order valence-corrected chi connectivity index (χ3v) is 4.53. The first kappa shape index (κ1) is 14.1. The lowest BCUT2D eigenvalue weighted by Gasteiger charge is -2.36. The SMILES string of the molecule is CC1(Cl)CC2=C(CC1O)C(=O)c1c(O)ccc(O)c1C2=O. The van der Waals surface area contributed by atoms with Gasteiger partial charge in [0.1, 0.15) is 11.5 Å². The zero-order valence-electron chi connectivity index (χ0n) is 11.2. The normalized spacial score (nSPS) is 28.4. The topological polar surface area (TPSA) is 94.8 Å². The number of fused-ring (bicyclic) bond motifs is 1. The van der Waals surface area contributed by atoms with Crippen LogP contribution >= 0.6 is 11.6 Å². The van der Waals surface area contributed by atoms with Crippen molar-refractivity contribution < 1.29 is 24.9 Å². The summed E-state index contributed by atoms with van der Waals surface area (Å²) in [5.74, 6) is -1.78. The number of phenolic OH excluding ortho intramolecular Hbond substituents is 2. The number of carbonyl (C=O) groups excluding carboxylic acids is 2. The van der Waals surface area contributed by atoms with Crippen molar-refractivity contribution in [1.82, 2.24) is 0 Å². The van der Waals surface area contributed by atoms with E-state index in [0.717, 1.165) is 6.07 Å². The van der Waals surface area contributed by atoms with Gasteiger partial charge in [-0.1, -0.05) is 0 Å². The number of aromatic hydroxyl groups is 2. The number of ketones is 2. The van der Waals surface area contributed by atoms with E-state index in [2.05, 4.69) is 0 Å². The van der Waals surface area contributed by atoms with Gasteiger partial charge in [-0.15, -0.1) is 11.6 Å². The molecule has 3 N–H and O–H groups in total. The molecule has 0 heterocycles. The molecule has 6 heteroatoms. The summed E-state index contributed by atoms with van der Waals surface area (Å²) in [6.45, 7) is 1.60. The molecule has 0 spiro atoms. The number of rotatable bonds is 0. The molecule has 1 aromatic rings.